The van der Waals surface area contributed by atoms with Gasteiger partial charge in [-0.1, -0.05) is 38.3 Å². The zero-order chi connectivity index (χ0) is 12.0. The molecule has 16 heavy (non-hydrogen) atoms. The van der Waals surface area contributed by atoms with Crippen molar-refractivity contribution in [3.8, 4) is 0 Å². The van der Waals surface area contributed by atoms with Crippen LogP contribution in [0, 0.1) is 5.92 Å². The third kappa shape index (κ3) is 3.45. The van der Waals surface area contributed by atoms with E-state index in [1.165, 1.54) is 30.6 Å². The van der Waals surface area contributed by atoms with E-state index in [1.807, 2.05) is 11.4 Å². The van der Waals surface area contributed by atoms with Crippen molar-refractivity contribution in [1.82, 2.24) is 5.43 Å². The Hall–Kier alpha value is -0.0900. The smallest absolute Gasteiger partial charge is 0.0596 e. The zero-order valence-corrected chi connectivity index (χ0v) is 11.6. The molecule has 1 unspecified atom stereocenters. The van der Waals surface area contributed by atoms with E-state index in [2.05, 4.69) is 19.3 Å². The summed E-state index contributed by atoms with van der Waals surface area (Å²) in [7, 11) is 0. The maximum Gasteiger partial charge on any atom is 0.0596 e. The predicted molar refractivity (Wildman–Crippen MR) is 72.7 cm³/mol. The van der Waals surface area contributed by atoms with Crippen molar-refractivity contribution in [2.45, 2.75) is 45.6 Å². The van der Waals surface area contributed by atoms with Gasteiger partial charge in [0.15, 0.2) is 0 Å². The van der Waals surface area contributed by atoms with Crippen LogP contribution in [0.5, 0.6) is 0 Å². The van der Waals surface area contributed by atoms with E-state index in [-0.39, 0.29) is 6.04 Å². The van der Waals surface area contributed by atoms with Crippen LogP contribution in [0.2, 0.25) is 5.02 Å². The van der Waals surface area contributed by atoms with Gasteiger partial charge in [0.2, 0.25) is 0 Å². The Kier molecular flexibility index (Phi) is 6.36. The highest BCUT2D eigenvalue weighted by atomic mass is 35.5. The maximum atomic E-state index is 6.17. The van der Waals surface area contributed by atoms with Gasteiger partial charge >= 0.3 is 0 Å². The topological polar surface area (TPSA) is 38.0 Å². The van der Waals surface area contributed by atoms with E-state index in [4.69, 9.17) is 17.4 Å². The average molecular weight is 261 g/mol. The molecule has 0 aromatic carbocycles. The summed E-state index contributed by atoms with van der Waals surface area (Å²) in [5, 5.41) is 2.86. The molecule has 4 heteroatoms. The second-order valence-electron chi connectivity index (χ2n) is 4.11. The molecule has 0 aliphatic carbocycles. The number of nitrogens with one attached hydrogen (secondary N) is 1. The fourth-order valence-corrected chi connectivity index (χ4v) is 3.50. The molecule has 0 bridgehead atoms. The highest BCUT2D eigenvalue weighted by Gasteiger charge is 2.23. The largest absolute Gasteiger partial charge is 0.271 e. The summed E-state index contributed by atoms with van der Waals surface area (Å²) in [6.07, 6.45) is 4.76. The van der Waals surface area contributed by atoms with Crippen LogP contribution in [0.15, 0.2) is 11.4 Å². The van der Waals surface area contributed by atoms with Gasteiger partial charge < -0.3 is 0 Å². The van der Waals surface area contributed by atoms with Crippen molar-refractivity contribution in [3.63, 3.8) is 0 Å². The lowest BCUT2D eigenvalue weighted by atomic mass is 9.90. The highest BCUT2D eigenvalue weighted by molar-refractivity contribution is 7.10. The molecule has 1 atom stereocenters. The van der Waals surface area contributed by atoms with Crippen LogP contribution in [-0.4, -0.2) is 0 Å². The molecule has 0 saturated heterocycles. The van der Waals surface area contributed by atoms with E-state index in [9.17, 15) is 0 Å². The van der Waals surface area contributed by atoms with Crippen molar-refractivity contribution in [2.24, 2.45) is 11.8 Å². The van der Waals surface area contributed by atoms with Gasteiger partial charge in [-0.25, -0.2) is 0 Å². The number of hydrogen-bond acceptors (Lipinski definition) is 3. The minimum absolute atomic E-state index is 0.201. The molecule has 0 spiro atoms. The third-order valence-electron chi connectivity index (χ3n) is 2.90. The molecule has 0 fully saturated rings. The van der Waals surface area contributed by atoms with Crippen molar-refractivity contribution >= 4 is 22.9 Å². The predicted octanol–water partition coefficient (Wildman–Crippen LogP) is 4.12. The molecular formula is C12H21ClN2S. The normalized spacial score (nSPS) is 13.3. The number of hydrogen-bond donors (Lipinski definition) is 2. The minimum atomic E-state index is 0.201. The summed E-state index contributed by atoms with van der Waals surface area (Å²) in [6.45, 7) is 4.43. The first-order chi connectivity index (χ1) is 7.74. The number of halogens is 1. The Morgan fingerprint density at radius 3 is 2.38 bits per heavy atom. The fourth-order valence-electron chi connectivity index (χ4n) is 2.17. The molecule has 3 N–H and O–H groups in total. The van der Waals surface area contributed by atoms with Crippen molar-refractivity contribution < 1.29 is 0 Å². The van der Waals surface area contributed by atoms with Crippen molar-refractivity contribution in [3.05, 3.63) is 21.3 Å². The second kappa shape index (κ2) is 7.28. The SMILES string of the molecule is CCCC(CCC)C(NN)c1sccc1Cl. The summed E-state index contributed by atoms with van der Waals surface area (Å²) < 4.78 is 0. The van der Waals surface area contributed by atoms with Gasteiger partial charge in [0.25, 0.3) is 0 Å². The Balaban J connectivity index is 2.81. The van der Waals surface area contributed by atoms with E-state index in [0.29, 0.717) is 5.92 Å². The maximum absolute atomic E-state index is 6.17. The lowest BCUT2D eigenvalue weighted by molar-refractivity contribution is 0.323. The van der Waals surface area contributed by atoms with E-state index < -0.39 is 0 Å². The highest BCUT2D eigenvalue weighted by Crippen LogP contribution is 2.36. The second-order valence-corrected chi connectivity index (χ2v) is 5.47. The van der Waals surface area contributed by atoms with E-state index in [0.717, 1.165) is 5.02 Å². The molecule has 0 saturated carbocycles. The molecule has 0 radical (unpaired) electrons. The molecular weight excluding hydrogens is 240 g/mol. The molecule has 0 amide bonds. The average Bonchev–Trinajstić information content (AvgIpc) is 2.67. The van der Waals surface area contributed by atoms with Crippen LogP contribution < -0.4 is 11.3 Å². The third-order valence-corrected chi connectivity index (χ3v) is 4.34. The van der Waals surface area contributed by atoms with Gasteiger partial charge in [0, 0.05) is 4.88 Å². The van der Waals surface area contributed by atoms with E-state index in [1.54, 1.807) is 11.3 Å². The Morgan fingerprint density at radius 2 is 2.00 bits per heavy atom. The number of hydrazine groups is 1. The summed E-state index contributed by atoms with van der Waals surface area (Å²) in [4.78, 5) is 1.18. The summed E-state index contributed by atoms with van der Waals surface area (Å²) in [6, 6.07) is 2.15. The summed E-state index contributed by atoms with van der Waals surface area (Å²) in [5.41, 5.74) is 2.94. The van der Waals surface area contributed by atoms with Gasteiger partial charge in [0.05, 0.1) is 11.1 Å². The summed E-state index contributed by atoms with van der Waals surface area (Å²) >= 11 is 7.86. The minimum Gasteiger partial charge on any atom is -0.271 e. The zero-order valence-electron chi connectivity index (χ0n) is 10.0. The Morgan fingerprint density at radius 1 is 1.38 bits per heavy atom. The van der Waals surface area contributed by atoms with Crippen LogP contribution in [-0.2, 0) is 0 Å². The van der Waals surface area contributed by atoms with Crippen LogP contribution in [0.3, 0.4) is 0 Å². The van der Waals surface area contributed by atoms with Crippen molar-refractivity contribution in [2.75, 3.05) is 0 Å². The molecule has 1 aromatic rings. The molecule has 1 heterocycles. The molecule has 1 rings (SSSR count). The molecule has 1 aromatic heterocycles. The Labute approximate surface area is 107 Å². The lowest BCUT2D eigenvalue weighted by Gasteiger charge is -2.25. The van der Waals surface area contributed by atoms with Crippen molar-refractivity contribution in [1.29, 1.82) is 0 Å². The number of nitrogens with two attached hydrogens (primary N) is 1. The van der Waals surface area contributed by atoms with Gasteiger partial charge in [-0.15, -0.1) is 11.3 Å². The van der Waals surface area contributed by atoms with Crippen LogP contribution >= 0.6 is 22.9 Å². The van der Waals surface area contributed by atoms with Crippen LogP contribution in [0.4, 0.5) is 0 Å². The lowest BCUT2D eigenvalue weighted by Crippen LogP contribution is -2.33. The molecule has 0 aliphatic rings. The first kappa shape index (κ1) is 14.0. The summed E-state index contributed by atoms with van der Waals surface area (Å²) in [5.74, 6) is 6.27. The Bertz CT molecular complexity index is 295. The molecule has 0 aliphatic heterocycles. The van der Waals surface area contributed by atoms with Gasteiger partial charge in [0.1, 0.15) is 0 Å². The molecule has 92 valence electrons. The fraction of sp³-hybridized carbons (Fsp3) is 0.667. The standard InChI is InChI=1S/C12H21ClN2S/c1-3-5-9(6-4-2)11(15-14)12-10(13)7-8-16-12/h7-9,11,15H,3-6,14H2,1-2H3. The quantitative estimate of drug-likeness (QED) is 0.572. The molecule has 2 nitrogen and oxygen atoms in total. The number of thiophene rings is 1. The van der Waals surface area contributed by atoms with Gasteiger partial charge in [-0.3, -0.25) is 11.3 Å². The number of rotatable bonds is 7. The first-order valence-electron chi connectivity index (χ1n) is 5.93. The van der Waals surface area contributed by atoms with Crippen LogP contribution in [0.25, 0.3) is 0 Å². The first-order valence-corrected chi connectivity index (χ1v) is 7.19. The van der Waals surface area contributed by atoms with Gasteiger partial charge in [-0.05, 0) is 30.2 Å². The van der Waals surface area contributed by atoms with Crippen LogP contribution in [0.1, 0.15) is 50.4 Å². The van der Waals surface area contributed by atoms with E-state index >= 15 is 0 Å². The monoisotopic (exact) mass is 260 g/mol. The van der Waals surface area contributed by atoms with Gasteiger partial charge in [-0.2, -0.15) is 0 Å².